The molecule has 1 N–H and O–H groups in total. The zero-order valence-corrected chi connectivity index (χ0v) is 17.0. The van der Waals surface area contributed by atoms with E-state index >= 15 is 0 Å². The predicted octanol–water partition coefficient (Wildman–Crippen LogP) is 1.41. The fourth-order valence-electron chi connectivity index (χ4n) is 3.15. The van der Waals surface area contributed by atoms with Gasteiger partial charge >= 0.3 is 0 Å². The van der Waals surface area contributed by atoms with Gasteiger partial charge in [0.15, 0.2) is 0 Å². The highest BCUT2D eigenvalue weighted by molar-refractivity contribution is 7.91. The third kappa shape index (κ3) is 3.57. The van der Waals surface area contributed by atoms with Crippen LogP contribution >= 0.6 is 11.3 Å². The summed E-state index contributed by atoms with van der Waals surface area (Å²) in [6.45, 7) is 1.54. The standard InChI is InChI=1S/C16H17FN4O4S3/c17-12-3-1-4-13-16(12)18-14(19-27(13,22)23)11-20-6-8-21(9-7-20)28(24,25)15-5-2-10-26-15/h1-5,10H,6-9,11H2,(H,18,19). The van der Waals surface area contributed by atoms with Crippen molar-refractivity contribution in [3.05, 3.63) is 41.5 Å². The Bertz CT molecular complexity index is 1120. The second-order valence-electron chi connectivity index (χ2n) is 6.36. The van der Waals surface area contributed by atoms with Gasteiger partial charge in [0.1, 0.15) is 20.8 Å². The average Bonchev–Trinajstić information content (AvgIpc) is 3.18. The van der Waals surface area contributed by atoms with E-state index in [2.05, 4.69) is 9.71 Å². The second kappa shape index (κ2) is 7.19. The highest BCUT2D eigenvalue weighted by atomic mass is 32.2. The van der Waals surface area contributed by atoms with Gasteiger partial charge in [0.25, 0.3) is 20.0 Å². The number of hydrogen-bond acceptors (Lipinski definition) is 7. The van der Waals surface area contributed by atoms with Gasteiger partial charge in [0.05, 0.1) is 12.2 Å². The molecule has 1 aromatic carbocycles. The van der Waals surface area contributed by atoms with Crippen molar-refractivity contribution < 1.29 is 21.2 Å². The summed E-state index contributed by atoms with van der Waals surface area (Å²) in [5, 5.41) is 4.47. The van der Waals surface area contributed by atoms with Gasteiger partial charge in [-0.15, -0.1) is 15.7 Å². The van der Waals surface area contributed by atoms with E-state index in [4.69, 9.17) is 0 Å². The summed E-state index contributed by atoms with van der Waals surface area (Å²) in [6, 6.07) is 7.07. The van der Waals surface area contributed by atoms with Crippen LogP contribution in [0.2, 0.25) is 0 Å². The first kappa shape index (κ1) is 19.5. The number of anilines is 1. The number of fused-ring (bicyclic) bond motifs is 1. The van der Waals surface area contributed by atoms with Crippen molar-refractivity contribution in [3.8, 4) is 0 Å². The van der Waals surface area contributed by atoms with Gasteiger partial charge < -0.3 is 5.32 Å². The third-order valence-electron chi connectivity index (χ3n) is 4.55. The number of hydrogen-bond donors (Lipinski definition) is 1. The molecule has 8 nitrogen and oxygen atoms in total. The number of nitrogens with zero attached hydrogens (tertiary/aromatic N) is 3. The molecule has 150 valence electrons. The minimum atomic E-state index is -3.97. The number of nitrogens with one attached hydrogen (secondary N) is 1. The summed E-state index contributed by atoms with van der Waals surface area (Å²) in [6.07, 6.45) is 0. The Hall–Kier alpha value is -1.86. The Morgan fingerprint density at radius 3 is 2.57 bits per heavy atom. The average molecular weight is 445 g/mol. The van der Waals surface area contributed by atoms with Crippen molar-refractivity contribution in [2.45, 2.75) is 9.10 Å². The summed E-state index contributed by atoms with van der Waals surface area (Å²) >= 11 is 1.17. The van der Waals surface area contributed by atoms with Crippen LogP contribution in [0, 0.1) is 5.82 Å². The predicted molar refractivity (Wildman–Crippen MR) is 104 cm³/mol. The molecule has 1 aromatic heterocycles. The highest BCUT2D eigenvalue weighted by Crippen LogP contribution is 2.29. The fraction of sp³-hybridized carbons (Fsp3) is 0.312. The van der Waals surface area contributed by atoms with Crippen LogP contribution in [0.3, 0.4) is 0 Å². The van der Waals surface area contributed by atoms with E-state index < -0.39 is 25.9 Å². The van der Waals surface area contributed by atoms with Crippen LogP contribution in [0.5, 0.6) is 0 Å². The van der Waals surface area contributed by atoms with E-state index in [-0.39, 0.29) is 36.1 Å². The fourth-order valence-corrected chi connectivity index (χ4v) is 6.86. The highest BCUT2D eigenvalue weighted by Gasteiger charge is 2.31. The van der Waals surface area contributed by atoms with Gasteiger partial charge in [0.2, 0.25) is 0 Å². The number of amidine groups is 1. The molecule has 4 rings (SSSR count). The minimum Gasteiger partial charge on any atom is -0.338 e. The lowest BCUT2D eigenvalue weighted by Crippen LogP contribution is -2.50. The molecular formula is C16H17FN4O4S3. The van der Waals surface area contributed by atoms with Crippen molar-refractivity contribution in [3.63, 3.8) is 0 Å². The molecule has 0 bridgehead atoms. The molecule has 28 heavy (non-hydrogen) atoms. The smallest absolute Gasteiger partial charge is 0.286 e. The number of rotatable bonds is 4. The first-order valence-corrected chi connectivity index (χ1v) is 12.2. The number of benzene rings is 1. The number of piperazine rings is 1. The Morgan fingerprint density at radius 2 is 1.89 bits per heavy atom. The van der Waals surface area contributed by atoms with E-state index in [1.165, 1.54) is 33.8 Å². The quantitative estimate of drug-likeness (QED) is 0.766. The van der Waals surface area contributed by atoms with Crippen molar-refractivity contribution in [2.75, 3.05) is 38.0 Å². The summed E-state index contributed by atoms with van der Waals surface area (Å²) in [4.78, 5) is 1.69. The normalized spacial score (nSPS) is 20.2. The van der Waals surface area contributed by atoms with E-state index in [1.54, 1.807) is 17.5 Å². The number of halogens is 1. The first-order valence-electron chi connectivity index (χ1n) is 8.43. The maximum absolute atomic E-state index is 14.0. The van der Waals surface area contributed by atoms with Crippen molar-refractivity contribution >= 4 is 42.9 Å². The number of thiophene rings is 1. The molecule has 0 amide bonds. The van der Waals surface area contributed by atoms with Crippen molar-refractivity contribution in [1.29, 1.82) is 0 Å². The topological polar surface area (TPSA) is 99.2 Å². The van der Waals surface area contributed by atoms with Gasteiger partial charge in [0, 0.05) is 26.2 Å². The summed E-state index contributed by atoms with van der Waals surface area (Å²) < 4.78 is 69.2. The van der Waals surface area contributed by atoms with Crippen LogP contribution in [0.25, 0.3) is 0 Å². The molecule has 0 unspecified atom stereocenters. The lowest BCUT2D eigenvalue weighted by atomic mass is 10.3. The van der Waals surface area contributed by atoms with E-state index in [9.17, 15) is 21.2 Å². The summed E-state index contributed by atoms with van der Waals surface area (Å²) in [5.41, 5.74) is -0.105. The molecule has 3 heterocycles. The van der Waals surface area contributed by atoms with Crippen LogP contribution in [-0.4, -0.2) is 64.6 Å². The summed E-state index contributed by atoms with van der Waals surface area (Å²) in [5.74, 6) is -0.549. The zero-order valence-electron chi connectivity index (χ0n) is 14.6. The third-order valence-corrected chi connectivity index (χ3v) is 9.18. The zero-order chi connectivity index (χ0) is 19.9. The Balaban J connectivity index is 1.45. The monoisotopic (exact) mass is 444 g/mol. The molecule has 1 saturated heterocycles. The maximum atomic E-state index is 14.0. The van der Waals surface area contributed by atoms with Gasteiger partial charge in [-0.2, -0.15) is 12.7 Å². The Kier molecular flexibility index (Phi) is 5.00. The van der Waals surface area contributed by atoms with E-state index in [0.717, 1.165) is 0 Å². The van der Waals surface area contributed by atoms with Gasteiger partial charge in [-0.3, -0.25) is 4.90 Å². The van der Waals surface area contributed by atoms with Crippen LogP contribution in [-0.2, 0) is 20.0 Å². The van der Waals surface area contributed by atoms with Crippen LogP contribution in [0.4, 0.5) is 10.1 Å². The van der Waals surface area contributed by atoms with E-state index in [1.807, 2.05) is 4.90 Å². The van der Waals surface area contributed by atoms with Crippen LogP contribution < -0.4 is 5.32 Å². The molecule has 0 aliphatic carbocycles. The molecule has 1 fully saturated rings. The minimum absolute atomic E-state index is 0.105. The van der Waals surface area contributed by atoms with Crippen molar-refractivity contribution in [1.82, 2.24) is 9.21 Å². The molecule has 0 atom stereocenters. The molecular weight excluding hydrogens is 427 g/mol. The molecule has 2 aliphatic heterocycles. The number of para-hydroxylation sites is 1. The molecule has 0 radical (unpaired) electrons. The molecule has 12 heteroatoms. The maximum Gasteiger partial charge on any atom is 0.286 e. The summed E-state index contributed by atoms with van der Waals surface area (Å²) in [7, 11) is -7.48. The molecule has 0 saturated carbocycles. The SMILES string of the molecule is O=S1(=O)N=C(CN2CCN(S(=O)(=O)c3cccs3)CC2)Nc2c(F)cccc21. The Morgan fingerprint density at radius 1 is 1.14 bits per heavy atom. The van der Waals surface area contributed by atoms with Crippen LogP contribution in [0.15, 0.2) is 49.2 Å². The van der Waals surface area contributed by atoms with Gasteiger partial charge in [-0.1, -0.05) is 12.1 Å². The first-order chi connectivity index (χ1) is 13.3. The van der Waals surface area contributed by atoms with E-state index in [0.29, 0.717) is 17.3 Å². The lowest BCUT2D eigenvalue weighted by Gasteiger charge is -2.34. The van der Waals surface area contributed by atoms with Crippen LogP contribution in [0.1, 0.15) is 0 Å². The Labute approximate surface area is 166 Å². The molecule has 2 aliphatic rings. The molecule has 0 spiro atoms. The second-order valence-corrected chi connectivity index (χ2v) is 11.0. The van der Waals surface area contributed by atoms with Gasteiger partial charge in [-0.05, 0) is 23.6 Å². The number of sulfonamides is 2. The molecule has 2 aromatic rings. The van der Waals surface area contributed by atoms with Gasteiger partial charge in [-0.25, -0.2) is 12.8 Å². The largest absolute Gasteiger partial charge is 0.338 e. The van der Waals surface area contributed by atoms with Crippen molar-refractivity contribution in [2.24, 2.45) is 4.40 Å². The lowest BCUT2D eigenvalue weighted by molar-refractivity contribution is 0.209.